The fourth-order valence-corrected chi connectivity index (χ4v) is 2.81. The molecule has 3 N–H and O–H groups in total. The van der Waals surface area contributed by atoms with Crippen molar-refractivity contribution in [2.45, 2.75) is 31.7 Å². The zero-order chi connectivity index (χ0) is 13.9. The number of hydrogen-bond acceptors (Lipinski definition) is 4. The number of nitrogens with one attached hydrogen (secondary N) is 1. The van der Waals surface area contributed by atoms with E-state index in [1.54, 1.807) is 18.3 Å². The third-order valence-electron chi connectivity index (χ3n) is 4.24. The molecule has 1 saturated carbocycles. The SMILES string of the molecule is NC(=O)c1cccnc1N1CCC(CNC2CC2)CC1. The second kappa shape index (κ2) is 5.79. The Balaban J connectivity index is 1.58. The summed E-state index contributed by atoms with van der Waals surface area (Å²) in [6, 6.07) is 4.30. The summed E-state index contributed by atoms with van der Waals surface area (Å²) >= 11 is 0. The number of hydrogen-bond donors (Lipinski definition) is 2. The molecule has 0 atom stereocenters. The third-order valence-corrected chi connectivity index (χ3v) is 4.24. The highest BCUT2D eigenvalue weighted by Gasteiger charge is 2.25. The summed E-state index contributed by atoms with van der Waals surface area (Å²) in [5.74, 6) is 1.09. The van der Waals surface area contributed by atoms with E-state index in [0.717, 1.165) is 50.3 Å². The smallest absolute Gasteiger partial charge is 0.252 e. The molecule has 3 rings (SSSR count). The zero-order valence-electron chi connectivity index (χ0n) is 11.7. The lowest BCUT2D eigenvalue weighted by molar-refractivity contribution is 0.100. The standard InChI is InChI=1S/C15H22N4O/c16-14(20)13-2-1-7-17-15(13)19-8-5-11(6-9-19)10-18-12-3-4-12/h1-2,7,11-12,18H,3-6,8-10H2,(H2,16,20). The van der Waals surface area contributed by atoms with E-state index >= 15 is 0 Å². The van der Waals surface area contributed by atoms with Crippen LogP contribution in [-0.4, -0.2) is 36.6 Å². The van der Waals surface area contributed by atoms with Crippen molar-refractivity contribution in [1.29, 1.82) is 0 Å². The van der Waals surface area contributed by atoms with E-state index in [4.69, 9.17) is 5.73 Å². The van der Waals surface area contributed by atoms with E-state index in [1.807, 2.05) is 0 Å². The third kappa shape index (κ3) is 3.10. The summed E-state index contributed by atoms with van der Waals surface area (Å²) < 4.78 is 0. The minimum Gasteiger partial charge on any atom is -0.365 e. The van der Waals surface area contributed by atoms with Gasteiger partial charge in [-0.25, -0.2) is 4.98 Å². The molecule has 2 heterocycles. The van der Waals surface area contributed by atoms with Crippen LogP contribution in [0.2, 0.25) is 0 Å². The van der Waals surface area contributed by atoms with Crippen molar-refractivity contribution in [3.05, 3.63) is 23.9 Å². The minimum atomic E-state index is -0.398. The van der Waals surface area contributed by atoms with E-state index in [0.29, 0.717) is 5.56 Å². The van der Waals surface area contributed by atoms with Crippen LogP contribution in [0.1, 0.15) is 36.0 Å². The molecule has 0 bridgehead atoms. The number of carbonyl (C=O) groups is 1. The number of nitrogens with zero attached hydrogens (tertiary/aromatic N) is 2. The Bertz CT molecular complexity index is 479. The number of anilines is 1. The fraction of sp³-hybridized carbons (Fsp3) is 0.600. The number of carbonyl (C=O) groups excluding carboxylic acids is 1. The molecule has 1 aliphatic carbocycles. The molecule has 108 valence electrons. The summed E-state index contributed by atoms with van der Waals surface area (Å²) in [6.07, 6.45) is 6.70. The molecule has 0 unspecified atom stereocenters. The fourth-order valence-electron chi connectivity index (χ4n) is 2.81. The first-order valence-electron chi connectivity index (χ1n) is 7.47. The van der Waals surface area contributed by atoms with Crippen LogP contribution in [0, 0.1) is 5.92 Å². The first-order chi connectivity index (χ1) is 9.74. The predicted octanol–water partition coefficient (Wildman–Crippen LogP) is 1.15. The van der Waals surface area contributed by atoms with Gasteiger partial charge in [-0.1, -0.05) is 0 Å². The number of amides is 1. The molecule has 1 aromatic heterocycles. The Kier molecular flexibility index (Phi) is 3.87. The highest BCUT2D eigenvalue weighted by Crippen LogP contribution is 2.25. The van der Waals surface area contributed by atoms with Crippen LogP contribution in [0.5, 0.6) is 0 Å². The van der Waals surface area contributed by atoms with E-state index in [9.17, 15) is 4.79 Å². The number of primary amides is 1. The van der Waals surface area contributed by atoms with Gasteiger partial charge in [0.25, 0.3) is 5.91 Å². The van der Waals surface area contributed by atoms with Gasteiger partial charge >= 0.3 is 0 Å². The van der Waals surface area contributed by atoms with Crippen LogP contribution in [0.3, 0.4) is 0 Å². The van der Waals surface area contributed by atoms with Crippen molar-refractivity contribution in [1.82, 2.24) is 10.3 Å². The Hall–Kier alpha value is -1.62. The monoisotopic (exact) mass is 274 g/mol. The lowest BCUT2D eigenvalue weighted by Gasteiger charge is -2.33. The van der Waals surface area contributed by atoms with Crippen LogP contribution in [-0.2, 0) is 0 Å². The van der Waals surface area contributed by atoms with Crippen LogP contribution in [0.25, 0.3) is 0 Å². The van der Waals surface area contributed by atoms with Gasteiger partial charge in [-0.3, -0.25) is 4.79 Å². The number of pyridine rings is 1. The van der Waals surface area contributed by atoms with Crippen LogP contribution >= 0.6 is 0 Å². The second-order valence-electron chi connectivity index (χ2n) is 5.85. The van der Waals surface area contributed by atoms with Crippen LogP contribution in [0.15, 0.2) is 18.3 Å². The van der Waals surface area contributed by atoms with Crippen LogP contribution < -0.4 is 16.0 Å². The molecule has 1 aromatic rings. The van der Waals surface area contributed by atoms with E-state index < -0.39 is 5.91 Å². The lowest BCUT2D eigenvalue weighted by atomic mass is 9.96. The molecule has 1 aliphatic heterocycles. The van der Waals surface area contributed by atoms with Gasteiger partial charge in [0, 0.05) is 25.3 Å². The Labute approximate surface area is 119 Å². The summed E-state index contributed by atoms with van der Waals surface area (Å²) in [5, 5.41) is 3.60. The van der Waals surface area contributed by atoms with Crippen molar-refractivity contribution >= 4 is 11.7 Å². The average molecular weight is 274 g/mol. The van der Waals surface area contributed by atoms with Gasteiger partial charge in [-0.05, 0) is 50.3 Å². The molecule has 20 heavy (non-hydrogen) atoms. The van der Waals surface area contributed by atoms with Crippen molar-refractivity contribution < 1.29 is 4.79 Å². The zero-order valence-corrected chi connectivity index (χ0v) is 11.7. The topological polar surface area (TPSA) is 71.2 Å². The summed E-state index contributed by atoms with van der Waals surface area (Å²) in [6.45, 7) is 3.03. The first-order valence-corrected chi connectivity index (χ1v) is 7.47. The van der Waals surface area contributed by atoms with Gasteiger partial charge < -0.3 is 16.0 Å². The molecule has 1 amide bonds. The van der Waals surface area contributed by atoms with Gasteiger partial charge in [0.05, 0.1) is 5.56 Å². The van der Waals surface area contributed by atoms with Crippen molar-refractivity contribution in [2.75, 3.05) is 24.5 Å². The summed E-state index contributed by atoms with van der Waals surface area (Å²) in [7, 11) is 0. The number of piperidine rings is 1. The number of rotatable bonds is 5. The highest BCUT2D eigenvalue weighted by molar-refractivity contribution is 5.97. The number of aromatic nitrogens is 1. The molecule has 0 aromatic carbocycles. The van der Waals surface area contributed by atoms with E-state index in [1.165, 1.54) is 12.8 Å². The van der Waals surface area contributed by atoms with E-state index in [-0.39, 0.29) is 0 Å². The first kappa shape index (κ1) is 13.4. The molecule has 5 nitrogen and oxygen atoms in total. The predicted molar refractivity (Wildman–Crippen MR) is 78.7 cm³/mol. The van der Waals surface area contributed by atoms with Gasteiger partial charge in [-0.2, -0.15) is 0 Å². The molecule has 2 fully saturated rings. The van der Waals surface area contributed by atoms with Crippen LogP contribution in [0.4, 0.5) is 5.82 Å². The van der Waals surface area contributed by atoms with E-state index in [2.05, 4.69) is 15.2 Å². The molecule has 2 aliphatic rings. The average Bonchev–Trinajstić information content (AvgIpc) is 3.30. The van der Waals surface area contributed by atoms with Gasteiger partial charge in [0.15, 0.2) is 0 Å². The molecular formula is C15H22N4O. The maximum Gasteiger partial charge on any atom is 0.252 e. The quantitative estimate of drug-likeness (QED) is 0.845. The molecule has 0 radical (unpaired) electrons. The Morgan fingerprint density at radius 1 is 1.35 bits per heavy atom. The second-order valence-corrected chi connectivity index (χ2v) is 5.85. The minimum absolute atomic E-state index is 0.398. The molecule has 1 saturated heterocycles. The van der Waals surface area contributed by atoms with Gasteiger partial charge in [-0.15, -0.1) is 0 Å². The van der Waals surface area contributed by atoms with Crippen molar-refractivity contribution in [3.8, 4) is 0 Å². The van der Waals surface area contributed by atoms with Gasteiger partial charge in [0.1, 0.15) is 5.82 Å². The Morgan fingerprint density at radius 2 is 2.10 bits per heavy atom. The maximum absolute atomic E-state index is 11.5. The van der Waals surface area contributed by atoms with Crippen molar-refractivity contribution in [3.63, 3.8) is 0 Å². The summed E-state index contributed by atoms with van der Waals surface area (Å²) in [4.78, 5) is 18.0. The lowest BCUT2D eigenvalue weighted by Crippen LogP contribution is -2.39. The summed E-state index contributed by atoms with van der Waals surface area (Å²) in [5.41, 5.74) is 5.95. The largest absolute Gasteiger partial charge is 0.365 e. The molecule has 5 heteroatoms. The van der Waals surface area contributed by atoms with Gasteiger partial charge in [0.2, 0.25) is 0 Å². The number of nitrogens with two attached hydrogens (primary N) is 1. The molecule has 0 spiro atoms. The molecular weight excluding hydrogens is 252 g/mol. The van der Waals surface area contributed by atoms with Crippen molar-refractivity contribution in [2.24, 2.45) is 11.7 Å². The normalized spacial score (nSPS) is 20.1. The maximum atomic E-state index is 11.5. The Morgan fingerprint density at radius 3 is 2.75 bits per heavy atom. The highest BCUT2D eigenvalue weighted by atomic mass is 16.1.